The molecule has 0 bridgehead atoms. The lowest BCUT2D eigenvalue weighted by atomic mass is 9.94. The first-order valence-electron chi connectivity index (χ1n) is 6.75. The zero-order valence-electron chi connectivity index (χ0n) is 11.6. The SMILES string of the molecule is CCOC(=O)C12CC1c1ccccc1CN2C(=O)OC. The van der Waals surface area contributed by atoms with Crippen molar-refractivity contribution in [2.45, 2.75) is 31.3 Å². The van der Waals surface area contributed by atoms with Crippen molar-refractivity contribution in [3.8, 4) is 0 Å². The Morgan fingerprint density at radius 2 is 2.15 bits per heavy atom. The number of carbonyl (C=O) groups excluding carboxylic acids is 2. The molecule has 5 nitrogen and oxygen atoms in total. The minimum absolute atomic E-state index is 0.0191. The van der Waals surface area contributed by atoms with Gasteiger partial charge in [0.2, 0.25) is 0 Å². The predicted molar refractivity (Wildman–Crippen MR) is 71.1 cm³/mol. The van der Waals surface area contributed by atoms with E-state index in [2.05, 4.69) is 0 Å². The van der Waals surface area contributed by atoms with Crippen LogP contribution in [0, 0.1) is 0 Å². The average molecular weight is 275 g/mol. The molecule has 2 unspecified atom stereocenters. The summed E-state index contributed by atoms with van der Waals surface area (Å²) in [6.07, 6.45) is 0.132. The number of fused-ring (bicyclic) bond motifs is 3. The lowest BCUT2D eigenvalue weighted by Crippen LogP contribution is -2.50. The molecule has 3 rings (SSSR count). The molecule has 0 saturated heterocycles. The van der Waals surface area contributed by atoms with Crippen LogP contribution in [0.2, 0.25) is 0 Å². The largest absolute Gasteiger partial charge is 0.464 e. The predicted octanol–water partition coefficient (Wildman–Crippen LogP) is 2.06. The van der Waals surface area contributed by atoms with E-state index < -0.39 is 11.6 Å². The van der Waals surface area contributed by atoms with Crippen LogP contribution in [0.3, 0.4) is 0 Å². The fraction of sp³-hybridized carbons (Fsp3) is 0.467. The normalized spacial score (nSPS) is 26.3. The van der Waals surface area contributed by atoms with Gasteiger partial charge in [-0.25, -0.2) is 9.59 Å². The molecule has 5 heteroatoms. The molecule has 1 amide bonds. The molecule has 1 aliphatic heterocycles. The molecule has 0 N–H and O–H groups in total. The molecule has 1 aliphatic carbocycles. The molecule has 1 aromatic rings. The molecule has 2 atom stereocenters. The van der Waals surface area contributed by atoms with Crippen molar-refractivity contribution >= 4 is 12.1 Å². The molecular weight excluding hydrogens is 258 g/mol. The van der Waals surface area contributed by atoms with Gasteiger partial charge in [0.15, 0.2) is 5.54 Å². The van der Waals surface area contributed by atoms with Crippen LogP contribution in [-0.4, -0.2) is 36.2 Å². The summed E-state index contributed by atoms with van der Waals surface area (Å²) in [6, 6.07) is 7.91. The van der Waals surface area contributed by atoms with Crippen LogP contribution >= 0.6 is 0 Å². The van der Waals surface area contributed by atoms with E-state index in [-0.39, 0.29) is 11.9 Å². The molecule has 2 aliphatic rings. The highest BCUT2D eigenvalue weighted by atomic mass is 16.6. The van der Waals surface area contributed by atoms with Gasteiger partial charge in [0.05, 0.1) is 20.3 Å². The maximum absolute atomic E-state index is 12.3. The van der Waals surface area contributed by atoms with Gasteiger partial charge < -0.3 is 9.47 Å². The number of hydrogen-bond donors (Lipinski definition) is 0. The molecule has 1 fully saturated rings. The Morgan fingerprint density at radius 3 is 2.85 bits per heavy atom. The Hall–Kier alpha value is -2.04. The van der Waals surface area contributed by atoms with Crippen molar-refractivity contribution in [2.75, 3.05) is 13.7 Å². The Bertz CT molecular complexity index is 571. The van der Waals surface area contributed by atoms with Crippen molar-refractivity contribution in [3.63, 3.8) is 0 Å². The third-order valence-electron chi connectivity index (χ3n) is 4.20. The number of nitrogens with zero attached hydrogens (tertiary/aromatic N) is 1. The minimum Gasteiger partial charge on any atom is -0.464 e. The Kier molecular flexibility index (Phi) is 2.92. The Morgan fingerprint density at radius 1 is 1.40 bits per heavy atom. The zero-order chi connectivity index (χ0) is 14.3. The topological polar surface area (TPSA) is 55.8 Å². The van der Waals surface area contributed by atoms with E-state index in [9.17, 15) is 9.59 Å². The zero-order valence-corrected chi connectivity index (χ0v) is 11.6. The van der Waals surface area contributed by atoms with E-state index in [0.29, 0.717) is 19.6 Å². The van der Waals surface area contributed by atoms with Gasteiger partial charge >= 0.3 is 12.1 Å². The molecule has 0 radical (unpaired) electrons. The highest BCUT2D eigenvalue weighted by Crippen LogP contribution is 2.60. The van der Waals surface area contributed by atoms with E-state index in [4.69, 9.17) is 9.47 Å². The summed E-state index contributed by atoms with van der Waals surface area (Å²) in [7, 11) is 1.33. The third-order valence-corrected chi connectivity index (χ3v) is 4.20. The summed E-state index contributed by atoms with van der Waals surface area (Å²) in [5.74, 6) is -0.310. The van der Waals surface area contributed by atoms with Gasteiger partial charge in [-0.05, 0) is 24.5 Å². The van der Waals surface area contributed by atoms with Crippen LogP contribution in [0.25, 0.3) is 0 Å². The Labute approximate surface area is 117 Å². The smallest absolute Gasteiger partial charge is 0.410 e. The number of carbonyl (C=O) groups is 2. The van der Waals surface area contributed by atoms with E-state index in [1.807, 2.05) is 24.3 Å². The highest BCUT2D eigenvalue weighted by molar-refractivity contribution is 5.92. The first kappa shape index (κ1) is 13.0. The summed E-state index contributed by atoms with van der Waals surface area (Å²) in [5, 5.41) is 0. The Balaban J connectivity index is 2.02. The summed E-state index contributed by atoms with van der Waals surface area (Å²) in [6.45, 7) is 2.47. The van der Waals surface area contributed by atoms with Gasteiger partial charge in [-0.3, -0.25) is 4.90 Å². The quantitative estimate of drug-likeness (QED) is 0.775. The number of rotatable bonds is 2. The van der Waals surface area contributed by atoms with Crippen LogP contribution < -0.4 is 0 Å². The van der Waals surface area contributed by atoms with Gasteiger partial charge in [0.1, 0.15) is 0 Å². The monoisotopic (exact) mass is 275 g/mol. The molecule has 106 valence electrons. The fourth-order valence-electron chi connectivity index (χ4n) is 3.18. The first-order chi connectivity index (χ1) is 9.65. The minimum atomic E-state index is -0.864. The van der Waals surface area contributed by atoms with Gasteiger partial charge in [0, 0.05) is 5.92 Å². The van der Waals surface area contributed by atoms with Gasteiger partial charge in [-0.1, -0.05) is 24.3 Å². The van der Waals surface area contributed by atoms with Crippen molar-refractivity contribution in [1.29, 1.82) is 0 Å². The van der Waals surface area contributed by atoms with Gasteiger partial charge in [-0.2, -0.15) is 0 Å². The molecule has 1 saturated carbocycles. The number of esters is 1. The van der Waals surface area contributed by atoms with Crippen molar-refractivity contribution in [1.82, 2.24) is 4.90 Å². The van der Waals surface area contributed by atoms with Gasteiger partial charge in [-0.15, -0.1) is 0 Å². The van der Waals surface area contributed by atoms with Gasteiger partial charge in [0.25, 0.3) is 0 Å². The molecule has 20 heavy (non-hydrogen) atoms. The second-order valence-electron chi connectivity index (χ2n) is 5.16. The van der Waals surface area contributed by atoms with Crippen LogP contribution in [-0.2, 0) is 20.8 Å². The maximum atomic E-state index is 12.3. The fourth-order valence-corrected chi connectivity index (χ4v) is 3.18. The average Bonchev–Trinajstić information content (AvgIpc) is 3.23. The van der Waals surface area contributed by atoms with E-state index in [1.165, 1.54) is 12.0 Å². The molecule has 0 aromatic heterocycles. The number of benzene rings is 1. The van der Waals surface area contributed by atoms with Crippen LogP contribution in [0.4, 0.5) is 4.79 Å². The first-order valence-corrected chi connectivity index (χ1v) is 6.75. The van der Waals surface area contributed by atoms with E-state index in [1.54, 1.807) is 6.92 Å². The number of amides is 1. The molecule has 1 heterocycles. The number of ether oxygens (including phenoxy) is 2. The van der Waals surface area contributed by atoms with Crippen LogP contribution in [0.15, 0.2) is 24.3 Å². The summed E-state index contributed by atoms with van der Waals surface area (Å²) >= 11 is 0. The van der Waals surface area contributed by atoms with Crippen molar-refractivity contribution < 1.29 is 19.1 Å². The maximum Gasteiger partial charge on any atom is 0.410 e. The van der Waals surface area contributed by atoms with Crippen molar-refractivity contribution in [2.24, 2.45) is 0 Å². The van der Waals surface area contributed by atoms with E-state index in [0.717, 1.165) is 11.1 Å². The lowest BCUT2D eigenvalue weighted by Gasteiger charge is -2.34. The van der Waals surface area contributed by atoms with Crippen LogP contribution in [0.5, 0.6) is 0 Å². The second-order valence-corrected chi connectivity index (χ2v) is 5.16. The summed E-state index contributed by atoms with van der Waals surface area (Å²) in [4.78, 5) is 25.9. The third kappa shape index (κ3) is 1.62. The standard InChI is InChI=1S/C15H17NO4/c1-3-20-13(17)15-8-12(15)11-7-5-4-6-10(11)9-16(15)14(18)19-2/h4-7,12H,3,8-9H2,1-2H3. The lowest BCUT2D eigenvalue weighted by molar-refractivity contribution is -0.151. The van der Waals surface area contributed by atoms with Crippen molar-refractivity contribution in [3.05, 3.63) is 35.4 Å². The van der Waals surface area contributed by atoms with Crippen LogP contribution in [0.1, 0.15) is 30.4 Å². The number of hydrogen-bond acceptors (Lipinski definition) is 4. The number of methoxy groups -OCH3 is 1. The highest BCUT2D eigenvalue weighted by Gasteiger charge is 2.69. The second kappa shape index (κ2) is 4.51. The molecule has 1 aromatic carbocycles. The summed E-state index contributed by atoms with van der Waals surface area (Å²) < 4.78 is 10.0. The molecule has 0 spiro atoms. The van der Waals surface area contributed by atoms with E-state index >= 15 is 0 Å². The molecular formula is C15H17NO4. The summed E-state index contributed by atoms with van der Waals surface area (Å²) in [5.41, 5.74) is 1.35.